The summed E-state index contributed by atoms with van der Waals surface area (Å²) in [5.41, 5.74) is 3.39. The van der Waals surface area contributed by atoms with Crippen LogP contribution in [0.25, 0.3) is 0 Å². The van der Waals surface area contributed by atoms with Gasteiger partial charge in [0.15, 0.2) is 0 Å². The molecular weight excluding hydrogens is 380 g/mol. The Morgan fingerprint density at radius 3 is 2.34 bits per heavy atom. The fraction of sp³-hybridized carbons (Fsp3) is 0.417. The van der Waals surface area contributed by atoms with E-state index in [4.69, 9.17) is 0 Å². The molecule has 156 valence electrons. The Morgan fingerprint density at radius 1 is 1.03 bits per heavy atom. The molecule has 0 aromatic heterocycles. The molecule has 2 amide bonds. The fourth-order valence-electron chi connectivity index (χ4n) is 3.12. The summed E-state index contributed by atoms with van der Waals surface area (Å²) in [5, 5.41) is 2.96. The van der Waals surface area contributed by atoms with E-state index in [1.807, 2.05) is 76.2 Å². The van der Waals surface area contributed by atoms with Crippen LogP contribution in [0.2, 0.25) is 0 Å². The number of nitrogens with one attached hydrogen (secondary N) is 1. The average Bonchev–Trinajstić information content (AvgIpc) is 2.72. The maximum absolute atomic E-state index is 13.2. The average molecular weight is 413 g/mol. The number of carbonyl (C=O) groups excluding carboxylic acids is 2. The summed E-state index contributed by atoms with van der Waals surface area (Å²) in [7, 11) is 0. The lowest BCUT2D eigenvalue weighted by Gasteiger charge is -2.31. The summed E-state index contributed by atoms with van der Waals surface area (Å²) in [5.74, 6) is 0.223. The van der Waals surface area contributed by atoms with Gasteiger partial charge in [-0.1, -0.05) is 55.8 Å². The van der Waals surface area contributed by atoms with E-state index in [-0.39, 0.29) is 11.8 Å². The molecule has 2 aromatic carbocycles. The van der Waals surface area contributed by atoms with Crippen LogP contribution < -0.4 is 5.32 Å². The molecule has 2 aromatic rings. The molecule has 0 heterocycles. The second-order valence-corrected chi connectivity index (χ2v) is 8.31. The van der Waals surface area contributed by atoms with Gasteiger partial charge in [0.1, 0.15) is 6.04 Å². The number of nitrogens with zero attached hydrogens (tertiary/aromatic N) is 1. The molecule has 1 atom stereocenters. The first-order valence-corrected chi connectivity index (χ1v) is 11.3. The lowest BCUT2D eigenvalue weighted by atomic mass is 10.1. The van der Waals surface area contributed by atoms with E-state index < -0.39 is 6.04 Å². The molecule has 0 aliphatic heterocycles. The zero-order valence-electron chi connectivity index (χ0n) is 17.9. The first kappa shape index (κ1) is 23.0. The van der Waals surface area contributed by atoms with E-state index in [1.54, 1.807) is 4.90 Å². The van der Waals surface area contributed by atoms with Crippen LogP contribution in [0.5, 0.6) is 0 Å². The predicted octanol–water partition coefficient (Wildman–Crippen LogP) is 4.73. The summed E-state index contributed by atoms with van der Waals surface area (Å²) in [4.78, 5) is 28.8. The van der Waals surface area contributed by atoms with Crippen molar-refractivity contribution in [2.75, 3.05) is 12.3 Å². The largest absolute Gasteiger partial charge is 0.354 e. The Kier molecular flexibility index (Phi) is 9.26. The van der Waals surface area contributed by atoms with Crippen molar-refractivity contribution in [3.63, 3.8) is 0 Å². The van der Waals surface area contributed by atoms with Crippen molar-refractivity contribution in [1.29, 1.82) is 0 Å². The molecule has 0 aliphatic rings. The van der Waals surface area contributed by atoms with Crippen LogP contribution in [-0.2, 0) is 16.1 Å². The van der Waals surface area contributed by atoms with Crippen molar-refractivity contribution in [1.82, 2.24) is 10.2 Å². The zero-order valence-corrected chi connectivity index (χ0v) is 18.7. The number of carbonyl (C=O) groups is 2. The van der Waals surface area contributed by atoms with Crippen molar-refractivity contribution in [2.24, 2.45) is 0 Å². The van der Waals surface area contributed by atoms with Crippen LogP contribution in [0.15, 0.2) is 53.4 Å². The highest BCUT2D eigenvalue weighted by atomic mass is 32.2. The van der Waals surface area contributed by atoms with Crippen molar-refractivity contribution < 1.29 is 9.59 Å². The van der Waals surface area contributed by atoms with E-state index in [0.29, 0.717) is 25.3 Å². The van der Waals surface area contributed by atoms with Gasteiger partial charge >= 0.3 is 0 Å². The number of amides is 2. The van der Waals surface area contributed by atoms with Gasteiger partial charge in [0.2, 0.25) is 11.8 Å². The topological polar surface area (TPSA) is 49.4 Å². The van der Waals surface area contributed by atoms with E-state index >= 15 is 0 Å². The van der Waals surface area contributed by atoms with Crippen molar-refractivity contribution >= 4 is 23.6 Å². The number of rotatable bonds is 10. The molecule has 4 nitrogen and oxygen atoms in total. The number of benzene rings is 2. The van der Waals surface area contributed by atoms with Gasteiger partial charge in [-0.2, -0.15) is 0 Å². The first-order chi connectivity index (χ1) is 14.0. The molecule has 0 unspecified atom stereocenters. The molecule has 0 radical (unpaired) electrons. The minimum Gasteiger partial charge on any atom is -0.354 e. The second kappa shape index (κ2) is 11.7. The predicted molar refractivity (Wildman–Crippen MR) is 121 cm³/mol. The Labute approximate surface area is 179 Å². The van der Waals surface area contributed by atoms with E-state index in [2.05, 4.69) is 5.32 Å². The number of aryl methyl sites for hydroxylation is 2. The molecule has 29 heavy (non-hydrogen) atoms. The van der Waals surface area contributed by atoms with E-state index in [9.17, 15) is 9.59 Å². The Balaban J connectivity index is 2.19. The van der Waals surface area contributed by atoms with Gasteiger partial charge < -0.3 is 10.2 Å². The van der Waals surface area contributed by atoms with Gasteiger partial charge in [0, 0.05) is 18.0 Å². The molecular formula is C24H32N2O2S. The summed E-state index contributed by atoms with van der Waals surface area (Å²) in [6, 6.07) is 15.7. The van der Waals surface area contributed by atoms with Crippen LogP contribution in [0.4, 0.5) is 0 Å². The Hall–Kier alpha value is -2.27. The van der Waals surface area contributed by atoms with Crippen molar-refractivity contribution in [3.05, 3.63) is 65.2 Å². The number of thioether (sulfide) groups is 1. The lowest BCUT2D eigenvalue weighted by molar-refractivity contribution is -0.139. The summed E-state index contributed by atoms with van der Waals surface area (Å²) < 4.78 is 0. The van der Waals surface area contributed by atoms with Crippen LogP contribution >= 0.6 is 11.8 Å². The van der Waals surface area contributed by atoms with Crippen LogP contribution in [0, 0.1) is 13.8 Å². The summed E-state index contributed by atoms with van der Waals surface area (Å²) in [6.45, 7) is 9.14. The highest BCUT2D eigenvalue weighted by Gasteiger charge is 2.28. The molecule has 0 aliphatic carbocycles. The number of hydrogen-bond acceptors (Lipinski definition) is 3. The van der Waals surface area contributed by atoms with Gasteiger partial charge in [-0.25, -0.2) is 0 Å². The van der Waals surface area contributed by atoms with Crippen LogP contribution in [0.1, 0.15) is 43.4 Å². The third-order valence-electron chi connectivity index (χ3n) is 4.92. The SMILES string of the molecule is CCCNC(=O)[C@@H](CC)N(Cc1ccccc1C)C(=O)CSc1ccc(C)cc1. The van der Waals surface area contributed by atoms with Gasteiger partial charge in [-0.15, -0.1) is 11.8 Å². The Bertz CT molecular complexity index is 805. The molecule has 1 N–H and O–H groups in total. The van der Waals surface area contributed by atoms with Crippen molar-refractivity contribution in [3.8, 4) is 0 Å². The van der Waals surface area contributed by atoms with Gasteiger partial charge in [-0.3, -0.25) is 9.59 Å². The smallest absolute Gasteiger partial charge is 0.242 e. The van der Waals surface area contributed by atoms with Crippen LogP contribution in [0.3, 0.4) is 0 Å². The maximum Gasteiger partial charge on any atom is 0.242 e. The second-order valence-electron chi connectivity index (χ2n) is 7.26. The van der Waals surface area contributed by atoms with Gasteiger partial charge in [0.05, 0.1) is 5.75 Å². The molecule has 5 heteroatoms. The maximum atomic E-state index is 13.2. The molecule has 0 bridgehead atoms. The molecule has 2 rings (SSSR count). The van der Waals surface area contributed by atoms with Gasteiger partial charge in [0.25, 0.3) is 0 Å². The molecule has 0 fully saturated rings. The lowest BCUT2D eigenvalue weighted by Crippen LogP contribution is -2.49. The zero-order chi connectivity index (χ0) is 21.2. The van der Waals surface area contributed by atoms with Crippen molar-refractivity contribution in [2.45, 2.75) is 58.0 Å². The molecule has 0 saturated carbocycles. The van der Waals surface area contributed by atoms with E-state index in [1.165, 1.54) is 17.3 Å². The van der Waals surface area contributed by atoms with Gasteiger partial charge in [-0.05, 0) is 49.9 Å². The monoisotopic (exact) mass is 412 g/mol. The summed E-state index contributed by atoms with van der Waals surface area (Å²) >= 11 is 1.51. The van der Waals surface area contributed by atoms with E-state index in [0.717, 1.165) is 22.4 Å². The third-order valence-corrected chi connectivity index (χ3v) is 5.92. The molecule has 0 saturated heterocycles. The van der Waals surface area contributed by atoms with Crippen LogP contribution in [-0.4, -0.2) is 35.1 Å². The first-order valence-electron chi connectivity index (χ1n) is 10.3. The molecule has 0 spiro atoms. The number of hydrogen-bond donors (Lipinski definition) is 1. The normalized spacial score (nSPS) is 11.7. The highest BCUT2D eigenvalue weighted by Crippen LogP contribution is 2.21. The highest BCUT2D eigenvalue weighted by molar-refractivity contribution is 8.00. The minimum absolute atomic E-state index is 0.0164. The Morgan fingerprint density at radius 2 is 1.72 bits per heavy atom. The minimum atomic E-state index is -0.465. The quantitative estimate of drug-likeness (QED) is 0.574. The summed E-state index contributed by atoms with van der Waals surface area (Å²) in [6.07, 6.45) is 1.46. The fourth-order valence-corrected chi connectivity index (χ4v) is 3.90. The standard InChI is InChI=1S/C24H32N2O2S/c1-5-15-25-24(28)22(6-2)26(16-20-10-8-7-9-19(20)4)23(27)17-29-21-13-11-18(3)12-14-21/h7-14,22H,5-6,15-17H2,1-4H3,(H,25,28)/t22-/m1/s1. The third kappa shape index (κ3) is 6.93.